The zero-order valence-corrected chi connectivity index (χ0v) is 10.0. The summed E-state index contributed by atoms with van der Waals surface area (Å²) in [6.45, 7) is -3.14. The number of benzene rings is 1. The maximum atomic E-state index is 13.4. The van der Waals surface area contributed by atoms with Gasteiger partial charge < -0.3 is 9.84 Å². The number of alkyl halides is 3. The van der Waals surface area contributed by atoms with Crippen molar-refractivity contribution in [2.75, 3.05) is 0 Å². The molecule has 1 rings (SSSR count). The molecule has 0 saturated carbocycles. The minimum absolute atomic E-state index is 0.155. The van der Waals surface area contributed by atoms with Gasteiger partial charge in [-0.15, -0.1) is 0 Å². The summed E-state index contributed by atoms with van der Waals surface area (Å²) in [4.78, 5) is 10.5. The van der Waals surface area contributed by atoms with Crippen molar-refractivity contribution in [1.82, 2.24) is 0 Å². The zero-order valence-electron chi connectivity index (χ0n) is 8.42. The fraction of sp³-hybridized carbons (Fsp3) is 0.300. The number of carbonyl (C=O) groups is 1. The molecule has 0 unspecified atom stereocenters. The van der Waals surface area contributed by atoms with E-state index in [9.17, 15) is 18.0 Å². The number of ether oxygens (including phenoxy) is 1. The number of aliphatic carboxylic acids is 1. The Morgan fingerprint density at radius 1 is 1.47 bits per heavy atom. The van der Waals surface area contributed by atoms with E-state index in [4.69, 9.17) is 5.11 Å². The molecule has 0 aliphatic rings. The van der Waals surface area contributed by atoms with Crippen LogP contribution in [-0.2, 0) is 16.5 Å². The number of rotatable bonds is 5. The lowest BCUT2D eigenvalue weighted by Crippen LogP contribution is -2.11. The predicted molar refractivity (Wildman–Crippen MR) is 57.0 cm³/mol. The van der Waals surface area contributed by atoms with Crippen LogP contribution in [0.2, 0.25) is 0 Å². The van der Waals surface area contributed by atoms with Crippen LogP contribution in [0, 0.1) is 5.82 Å². The highest BCUT2D eigenvalue weighted by atomic mass is 79.9. The summed E-state index contributed by atoms with van der Waals surface area (Å²) >= 11 is 3.03. The Morgan fingerprint density at radius 3 is 2.59 bits per heavy atom. The van der Waals surface area contributed by atoms with Crippen LogP contribution in [0.25, 0.3) is 0 Å². The standard InChI is InChI=1S/C10H8BrF3O3/c11-4-5-1-2-7(12)6(3-8(15)16)9(5)17-10(13)14/h1-2,10H,3-4H2,(H,15,16). The van der Waals surface area contributed by atoms with E-state index in [0.29, 0.717) is 0 Å². The van der Waals surface area contributed by atoms with Crippen molar-refractivity contribution in [3.8, 4) is 5.75 Å². The molecule has 0 aliphatic carbocycles. The monoisotopic (exact) mass is 312 g/mol. The lowest BCUT2D eigenvalue weighted by atomic mass is 10.1. The highest BCUT2D eigenvalue weighted by Gasteiger charge is 2.19. The highest BCUT2D eigenvalue weighted by Crippen LogP contribution is 2.30. The number of hydrogen-bond acceptors (Lipinski definition) is 2. The summed E-state index contributed by atoms with van der Waals surface area (Å²) in [6, 6.07) is 2.28. The molecule has 0 saturated heterocycles. The van der Waals surface area contributed by atoms with Gasteiger partial charge in [-0.3, -0.25) is 4.79 Å². The summed E-state index contributed by atoms with van der Waals surface area (Å²) in [6.07, 6.45) is -0.714. The molecule has 0 atom stereocenters. The largest absolute Gasteiger partial charge is 0.481 e. The molecule has 1 aromatic rings. The quantitative estimate of drug-likeness (QED) is 0.850. The van der Waals surface area contributed by atoms with Gasteiger partial charge >= 0.3 is 12.6 Å². The minimum atomic E-state index is -3.14. The van der Waals surface area contributed by atoms with Crippen molar-refractivity contribution in [3.63, 3.8) is 0 Å². The van der Waals surface area contributed by atoms with Gasteiger partial charge in [0.25, 0.3) is 0 Å². The molecule has 1 N–H and O–H groups in total. The number of halogens is 4. The molecular weight excluding hydrogens is 305 g/mol. The Morgan fingerprint density at radius 2 is 2.12 bits per heavy atom. The number of hydrogen-bond donors (Lipinski definition) is 1. The van der Waals surface area contributed by atoms with E-state index in [-0.39, 0.29) is 16.5 Å². The van der Waals surface area contributed by atoms with E-state index in [0.717, 1.165) is 6.07 Å². The normalized spacial score (nSPS) is 10.6. The topological polar surface area (TPSA) is 46.5 Å². The Hall–Kier alpha value is -1.24. The van der Waals surface area contributed by atoms with Gasteiger partial charge in [-0.2, -0.15) is 8.78 Å². The molecule has 0 aliphatic heterocycles. The lowest BCUT2D eigenvalue weighted by Gasteiger charge is -2.13. The zero-order chi connectivity index (χ0) is 13.0. The van der Waals surface area contributed by atoms with Crippen molar-refractivity contribution >= 4 is 21.9 Å². The van der Waals surface area contributed by atoms with E-state index in [1.807, 2.05) is 0 Å². The van der Waals surface area contributed by atoms with E-state index in [1.54, 1.807) is 0 Å². The predicted octanol–water partition coefficient (Wildman–Crippen LogP) is 2.95. The van der Waals surface area contributed by atoms with Gasteiger partial charge in [0.05, 0.1) is 6.42 Å². The summed E-state index contributed by atoms with van der Waals surface area (Å²) in [5, 5.41) is 8.75. The molecule has 17 heavy (non-hydrogen) atoms. The first-order chi connectivity index (χ1) is 7.95. The molecule has 1 aromatic carbocycles. The molecule has 3 nitrogen and oxygen atoms in total. The van der Waals surface area contributed by atoms with Crippen LogP contribution in [0.1, 0.15) is 11.1 Å². The van der Waals surface area contributed by atoms with E-state index in [2.05, 4.69) is 20.7 Å². The summed E-state index contributed by atoms with van der Waals surface area (Å²) in [5.74, 6) is -2.62. The maximum Gasteiger partial charge on any atom is 0.387 e. The highest BCUT2D eigenvalue weighted by molar-refractivity contribution is 9.08. The molecule has 0 bridgehead atoms. The van der Waals surface area contributed by atoms with Crippen LogP contribution in [0.15, 0.2) is 12.1 Å². The Labute approximate surface area is 103 Å². The number of carboxylic acid groups (broad SMARTS) is 1. The fourth-order valence-electron chi connectivity index (χ4n) is 1.31. The van der Waals surface area contributed by atoms with Crippen molar-refractivity contribution in [2.45, 2.75) is 18.4 Å². The molecule has 0 aromatic heterocycles. The second-order valence-electron chi connectivity index (χ2n) is 3.10. The SMILES string of the molecule is O=C(O)Cc1c(F)ccc(CBr)c1OC(F)F. The second-order valence-corrected chi connectivity index (χ2v) is 3.66. The van der Waals surface area contributed by atoms with Crippen LogP contribution in [-0.4, -0.2) is 17.7 Å². The Bertz CT molecular complexity index is 424. The first-order valence-corrected chi connectivity index (χ1v) is 5.60. The van der Waals surface area contributed by atoms with Gasteiger partial charge in [0.2, 0.25) is 0 Å². The van der Waals surface area contributed by atoms with Gasteiger partial charge in [-0.1, -0.05) is 22.0 Å². The maximum absolute atomic E-state index is 13.4. The lowest BCUT2D eigenvalue weighted by molar-refractivity contribution is -0.136. The summed E-state index contributed by atoms with van der Waals surface area (Å²) < 4.78 is 41.9. The van der Waals surface area contributed by atoms with Crippen molar-refractivity contribution in [3.05, 3.63) is 29.1 Å². The third-order valence-electron chi connectivity index (χ3n) is 1.96. The van der Waals surface area contributed by atoms with E-state index < -0.39 is 30.6 Å². The molecule has 94 valence electrons. The first kappa shape index (κ1) is 13.8. The van der Waals surface area contributed by atoms with Gasteiger partial charge in [0, 0.05) is 16.5 Å². The molecule has 0 fully saturated rings. The Balaban J connectivity index is 3.25. The average molecular weight is 313 g/mol. The van der Waals surface area contributed by atoms with Gasteiger partial charge in [0.15, 0.2) is 0 Å². The molecule has 7 heteroatoms. The van der Waals surface area contributed by atoms with E-state index in [1.165, 1.54) is 6.07 Å². The smallest absolute Gasteiger partial charge is 0.387 e. The van der Waals surface area contributed by atoms with Gasteiger partial charge in [-0.25, -0.2) is 4.39 Å². The summed E-state index contributed by atoms with van der Waals surface area (Å²) in [5.41, 5.74) is -0.113. The molecule has 0 amide bonds. The Kier molecular flexibility index (Phi) is 4.80. The second kappa shape index (κ2) is 5.90. The van der Waals surface area contributed by atoms with Crippen LogP contribution in [0.5, 0.6) is 5.75 Å². The van der Waals surface area contributed by atoms with Crippen LogP contribution >= 0.6 is 15.9 Å². The number of carboxylic acids is 1. The van der Waals surface area contributed by atoms with E-state index >= 15 is 0 Å². The van der Waals surface area contributed by atoms with Crippen LogP contribution in [0.4, 0.5) is 13.2 Å². The van der Waals surface area contributed by atoms with Crippen LogP contribution in [0.3, 0.4) is 0 Å². The molecule has 0 radical (unpaired) electrons. The third kappa shape index (κ3) is 3.62. The fourth-order valence-corrected chi connectivity index (χ4v) is 1.75. The third-order valence-corrected chi connectivity index (χ3v) is 2.57. The van der Waals surface area contributed by atoms with Crippen molar-refractivity contribution < 1.29 is 27.8 Å². The van der Waals surface area contributed by atoms with Gasteiger partial charge in [0.1, 0.15) is 11.6 Å². The average Bonchev–Trinajstić information content (AvgIpc) is 2.22. The van der Waals surface area contributed by atoms with Gasteiger partial charge in [-0.05, 0) is 6.07 Å². The molecular formula is C10H8BrF3O3. The van der Waals surface area contributed by atoms with Crippen LogP contribution < -0.4 is 4.74 Å². The molecule has 0 heterocycles. The summed E-state index contributed by atoms with van der Waals surface area (Å²) in [7, 11) is 0. The van der Waals surface area contributed by atoms with Crippen molar-refractivity contribution in [1.29, 1.82) is 0 Å². The first-order valence-electron chi connectivity index (χ1n) is 4.48. The molecule has 0 spiro atoms. The minimum Gasteiger partial charge on any atom is -0.481 e. The van der Waals surface area contributed by atoms with Crippen molar-refractivity contribution in [2.24, 2.45) is 0 Å².